The number of nitrogens with one attached hydrogen (secondary N) is 1. The molecular formula is C19H22FN3O3S. The summed E-state index contributed by atoms with van der Waals surface area (Å²) in [5.41, 5.74) is 1.53. The lowest BCUT2D eigenvalue weighted by atomic mass is 9.89. The number of sulfonamides is 1. The van der Waals surface area contributed by atoms with Crippen LogP contribution < -0.4 is 5.32 Å². The Labute approximate surface area is 158 Å². The number of hydrogen-bond acceptors (Lipinski definition) is 4. The number of rotatable bonds is 6. The Hall–Kier alpha value is -2.32. The van der Waals surface area contributed by atoms with Gasteiger partial charge in [0.1, 0.15) is 5.82 Å². The Morgan fingerprint density at radius 3 is 2.67 bits per heavy atom. The van der Waals surface area contributed by atoms with Crippen molar-refractivity contribution in [3.05, 3.63) is 65.7 Å². The molecule has 2 aromatic rings. The van der Waals surface area contributed by atoms with Gasteiger partial charge in [-0.1, -0.05) is 12.1 Å². The van der Waals surface area contributed by atoms with Crippen LogP contribution in [0.3, 0.4) is 0 Å². The summed E-state index contributed by atoms with van der Waals surface area (Å²) in [4.78, 5) is 16.8. The highest BCUT2D eigenvalue weighted by Crippen LogP contribution is 2.34. The highest BCUT2D eigenvalue weighted by atomic mass is 32.2. The summed E-state index contributed by atoms with van der Waals surface area (Å²) in [5.74, 6) is -1.37. The number of aromatic nitrogens is 1. The van der Waals surface area contributed by atoms with E-state index in [1.165, 1.54) is 16.4 Å². The number of carbonyl (C=O) groups excluding carboxylic acids is 1. The van der Waals surface area contributed by atoms with E-state index in [-0.39, 0.29) is 43.0 Å². The number of halogens is 1. The van der Waals surface area contributed by atoms with Crippen LogP contribution >= 0.6 is 0 Å². The highest BCUT2D eigenvalue weighted by Gasteiger charge is 2.42. The SMILES string of the molecule is CCS(=O)(=O)N1C[C@@H](C(=O)NCc2cccc(F)c2)[C@H](c2ccncc2)C1. The zero-order valence-electron chi connectivity index (χ0n) is 15.0. The zero-order chi connectivity index (χ0) is 19.4. The zero-order valence-corrected chi connectivity index (χ0v) is 15.8. The van der Waals surface area contributed by atoms with Crippen molar-refractivity contribution in [1.29, 1.82) is 0 Å². The predicted molar refractivity (Wildman–Crippen MR) is 99.7 cm³/mol. The Kier molecular flexibility index (Phi) is 5.86. The van der Waals surface area contributed by atoms with E-state index in [0.29, 0.717) is 5.56 Å². The lowest BCUT2D eigenvalue weighted by molar-refractivity contribution is -0.125. The maximum atomic E-state index is 13.3. The monoisotopic (exact) mass is 391 g/mol. The molecular weight excluding hydrogens is 369 g/mol. The summed E-state index contributed by atoms with van der Waals surface area (Å²) in [5, 5.41) is 2.82. The minimum absolute atomic E-state index is 0.00625. The van der Waals surface area contributed by atoms with Gasteiger partial charge in [-0.05, 0) is 42.3 Å². The average Bonchev–Trinajstić information content (AvgIpc) is 3.13. The summed E-state index contributed by atoms with van der Waals surface area (Å²) in [6.07, 6.45) is 3.27. The van der Waals surface area contributed by atoms with E-state index in [1.807, 2.05) is 0 Å². The summed E-state index contributed by atoms with van der Waals surface area (Å²) in [6.45, 7) is 2.18. The average molecular weight is 391 g/mol. The van der Waals surface area contributed by atoms with Crippen LogP contribution in [0.4, 0.5) is 4.39 Å². The van der Waals surface area contributed by atoms with E-state index in [4.69, 9.17) is 0 Å². The molecule has 1 aromatic heterocycles. The van der Waals surface area contributed by atoms with Gasteiger partial charge in [0.2, 0.25) is 15.9 Å². The summed E-state index contributed by atoms with van der Waals surface area (Å²) >= 11 is 0. The van der Waals surface area contributed by atoms with Gasteiger partial charge in [-0.15, -0.1) is 0 Å². The molecule has 1 fully saturated rings. The predicted octanol–water partition coefficient (Wildman–Crippen LogP) is 1.90. The van der Waals surface area contributed by atoms with Crippen molar-refractivity contribution in [2.45, 2.75) is 19.4 Å². The first-order valence-electron chi connectivity index (χ1n) is 8.80. The number of benzene rings is 1. The fourth-order valence-electron chi connectivity index (χ4n) is 3.36. The van der Waals surface area contributed by atoms with Crippen LogP contribution in [-0.4, -0.2) is 42.5 Å². The molecule has 0 aliphatic carbocycles. The maximum absolute atomic E-state index is 13.3. The van der Waals surface area contributed by atoms with Gasteiger partial charge in [-0.3, -0.25) is 9.78 Å². The fourth-order valence-corrected chi connectivity index (χ4v) is 4.50. The van der Waals surface area contributed by atoms with Crippen molar-refractivity contribution in [3.63, 3.8) is 0 Å². The quantitative estimate of drug-likeness (QED) is 0.816. The number of amides is 1. The summed E-state index contributed by atoms with van der Waals surface area (Å²) in [6, 6.07) is 9.63. The van der Waals surface area contributed by atoms with Gasteiger partial charge in [0.25, 0.3) is 0 Å². The van der Waals surface area contributed by atoms with Crippen LogP contribution in [0.1, 0.15) is 24.0 Å². The second kappa shape index (κ2) is 8.14. The molecule has 0 bridgehead atoms. The lowest BCUT2D eigenvalue weighted by Crippen LogP contribution is -2.35. The first-order chi connectivity index (χ1) is 12.9. The summed E-state index contributed by atoms with van der Waals surface area (Å²) < 4.78 is 39.3. The molecule has 27 heavy (non-hydrogen) atoms. The van der Waals surface area contributed by atoms with Gasteiger partial charge in [0.05, 0.1) is 11.7 Å². The molecule has 1 aromatic carbocycles. The Bertz CT molecular complexity index is 905. The third-order valence-electron chi connectivity index (χ3n) is 4.87. The minimum Gasteiger partial charge on any atom is -0.352 e. The maximum Gasteiger partial charge on any atom is 0.225 e. The Morgan fingerprint density at radius 1 is 1.26 bits per heavy atom. The van der Waals surface area contributed by atoms with Gasteiger partial charge in [-0.25, -0.2) is 17.1 Å². The largest absolute Gasteiger partial charge is 0.352 e. The molecule has 144 valence electrons. The molecule has 0 unspecified atom stereocenters. The molecule has 1 saturated heterocycles. The second-order valence-corrected chi connectivity index (χ2v) is 8.82. The van der Waals surface area contributed by atoms with E-state index in [0.717, 1.165) is 5.56 Å². The minimum atomic E-state index is -3.39. The Morgan fingerprint density at radius 2 is 2.00 bits per heavy atom. The standard InChI is InChI=1S/C19H22FN3O3S/c1-2-27(25,26)23-12-17(15-6-8-21-9-7-15)18(13-23)19(24)22-11-14-4-3-5-16(20)10-14/h3-10,17-18H,2,11-13H2,1H3,(H,22,24)/t17-,18+/m0/s1. The van der Waals surface area contributed by atoms with Crippen LogP contribution in [0.2, 0.25) is 0 Å². The van der Waals surface area contributed by atoms with Gasteiger partial charge in [-0.2, -0.15) is 0 Å². The van der Waals surface area contributed by atoms with Gasteiger partial charge in [0, 0.05) is 37.9 Å². The molecule has 0 spiro atoms. The first kappa shape index (κ1) is 19.4. The smallest absolute Gasteiger partial charge is 0.225 e. The fraction of sp³-hybridized carbons (Fsp3) is 0.368. The van der Waals surface area contributed by atoms with Crippen molar-refractivity contribution in [2.75, 3.05) is 18.8 Å². The summed E-state index contributed by atoms with van der Waals surface area (Å²) in [7, 11) is -3.39. The molecule has 1 amide bonds. The van der Waals surface area contributed by atoms with Crippen LogP contribution in [0.25, 0.3) is 0 Å². The van der Waals surface area contributed by atoms with Crippen molar-refractivity contribution in [2.24, 2.45) is 5.92 Å². The lowest BCUT2D eigenvalue weighted by Gasteiger charge is -2.18. The second-order valence-electron chi connectivity index (χ2n) is 6.56. The van der Waals surface area contributed by atoms with Crippen LogP contribution in [0.15, 0.2) is 48.8 Å². The molecule has 1 aliphatic rings. The van der Waals surface area contributed by atoms with Crippen molar-refractivity contribution >= 4 is 15.9 Å². The third-order valence-corrected chi connectivity index (χ3v) is 6.69. The van der Waals surface area contributed by atoms with Crippen molar-refractivity contribution < 1.29 is 17.6 Å². The van der Waals surface area contributed by atoms with E-state index in [2.05, 4.69) is 10.3 Å². The van der Waals surface area contributed by atoms with E-state index in [9.17, 15) is 17.6 Å². The molecule has 1 aliphatic heterocycles. The van der Waals surface area contributed by atoms with Gasteiger partial charge >= 0.3 is 0 Å². The van der Waals surface area contributed by atoms with Crippen LogP contribution in [0, 0.1) is 11.7 Å². The highest BCUT2D eigenvalue weighted by molar-refractivity contribution is 7.89. The molecule has 1 N–H and O–H groups in total. The molecule has 8 heteroatoms. The van der Waals surface area contributed by atoms with E-state index in [1.54, 1.807) is 43.6 Å². The van der Waals surface area contributed by atoms with Crippen molar-refractivity contribution in [3.8, 4) is 0 Å². The van der Waals surface area contributed by atoms with Crippen molar-refractivity contribution in [1.82, 2.24) is 14.6 Å². The normalized spacial score (nSPS) is 20.5. The molecule has 2 atom stereocenters. The molecule has 3 rings (SSSR count). The number of carbonyl (C=O) groups is 1. The molecule has 2 heterocycles. The van der Waals surface area contributed by atoms with Gasteiger partial charge in [0.15, 0.2) is 0 Å². The number of pyridine rings is 1. The molecule has 6 nitrogen and oxygen atoms in total. The Balaban J connectivity index is 1.78. The first-order valence-corrected chi connectivity index (χ1v) is 10.4. The van der Waals surface area contributed by atoms with E-state index >= 15 is 0 Å². The third kappa shape index (κ3) is 4.51. The molecule has 0 saturated carbocycles. The topological polar surface area (TPSA) is 79.4 Å². The number of nitrogens with zero attached hydrogens (tertiary/aromatic N) is 2. The van der Waals surface area contributed by atoms with E-state index < -0.39 is 15.9 Å². The van der Waals surface area contributed by atoms with Crippen LogP contribution in [0.5, 0.6) is 0 Å². The molecule has 0 radical (unpaired) electrons. The number of hydrogen-bond donors (Lipinski definition) is 1. The van der Waals surface area contributed by atoms with Gasteiger partial charge < -0.3 is 5.32 Å². The van der Waals surface area contributed by atoms with Crippen LogP contribution in [-0.2, 0) is 21.4 Å².